The number of rotatable bonds is 6. The summed E-state index contributed by atoms with van der Waals surface area (Å²) in [6, 6.07) is 0. The van der Waals surface area contributed by atoms with E-state index >= 15 is 0 Å². The van der Waals surface area contributed by atoms with Crippen LogP contribution in [-0.4, -0.2) is 53.7 Å². The van der Waals surface area contributed by atoms with Crippen LogP contribution in [0, 0.1) is 52.3 Å². The first kappa shape index (κ1) is 27.1. The Bertz CT molecular complexity index is 994. The summed E-state index contributed by atoms with van der Waals surface area (Å²) < 4.78 is 45.5. The summed E-state index contributed by atoms with van der Waals surface area (Å²) in [7, 11) is -5.00. The van der Waals surface area contributed by atoms with Crippen LogP contribution in [0.2, 0.25) is 0 Å². The van der Waals surface area contributed by atoms with E-state index < -0.39 is 34.1 Å². The molecule has 0 unspecified atom stereocenters. The van der Waals surface area contributed by atoms with Crippen LogP contribution in [0.5, 0.6) is 0 Å². The van der Waals surface area contributed by atoms with Crippen molar-refractivity contribution >= 4 is 10.4 Å². The van der Waals surface area contributed by atoms with Gasteiger partial charge in [-0.3, -0.25) is 4.18 Å². The molecule has 1 saturated heterocycles. The van der Waals surface area contributed by atoms with Crippen molar-refractivity contribution in [2.75, 3.05) is 0 Å². The zero-order chi connectivity index (χ0) is 26.4. The minimum atomic E-state index is -5.00. The van der Waals surface area contributed by atoms with Gasteiger partial charge in [0.25, 0.3) is 0 Å². The third-order valence-corrected chi connectivity index (χ3v) is 12.2. The molecule has 2 N–H and O–H groups in total. The molecule has 1 aliphatic heterocycles. The Morgan fingerprint density at radius 3 is 2.36 bits per heavy atom. The van der Waals surface area contributed by atoms with Crippen molar-refractivity contribution in [2.45, 2.75) is 111 Å². The van der Waals surface area contributed by atoms with Gasteiger partial charge in [0, 0.05) is 0 Å². The molecular weight excluding hydrogens is 480 g/mol. The van der Waals surface area contributed by atoms with Crippen LogP contribution in [-0.2, 0) is 19.3 Å². The normalized spacial score (nSPS) is 50.1. The predicted molar refractivity (Wildman–Crippen MR) is 134 cm³/mol. The Balaban J connectivity index is 1.39. The second-order valence-corrected chi connectivity index (χ2v) is 14.7. The van der Waals surface area contributed by atoms with Gasteiger partial charge in [0.05, 0.1) is 18.3 Å². The summed E-state index contributed by atoms with van der Waals surface area (Å²) in [6.07, 6.45) is 4.60. The zero-order valence-electron chi connectivity index (χ0n) is 22.6. The maximum Gasteiger partial charge on any atom is 0.218 e. The van der Waals surface area contributed by atoms with E-state index in [1.54, 1.807) is 0 Å². The van der Waals surface area contributed by atoms with E-state index in [0.717, 1.165) is 19.3 Å². The largest absolute Gasteiger partial charge is 0.726 e. The topological polar surface area (TPSA) is 119 Å². The quantitative estimate of drug-likeness (QED) is 0.232. The Hall–Kier alpha value is -0.510. The Labute approximate surface area is 217 Å². The van der Waals surface area contributed by atoms with Gasteiger partial charge in [-0.25, -0.2) is 8.42 Å². The van der Waals surface area contributed by atoms with E-state index in [4.69, 9.17) is 8.92 Å². The lowest BCUT2D eigenvalue weighted by Crippen LogP contribution is -2.60. The molecule has 0 radical (unpaired) electrons. The van der Waals surface area contributed by atoms with Crippen LogP contribution in [0.1, 0.15) is 80.1 Å². The van der Waals surface area contributed by atoms with Gasteiger partial charge in [0.1, 0.15) is 12.2 Å². The molecule has 1 heterocycles. The molecule has 7 nitrogen and oxygen atoms in total. The molecule has 0 spiro atoms. The highest BCUT2D eigenvalue weighted by molar-refractivity contribution is 7.80. The van der Waals surface area contributed by atoms with E-state index in [9.17, 15) is 23.2 Å². The average Bonchev–Trinajstić information content (AvgIpc) is 3.49. The van der Waals surface area contributed by atoms with Crippen LogP contribution in [0.15, 0.2) is 11.6 Å². The number of fused-ring (bicyclic) bond motifs is 5. The molecule has 0 bridgehead atoms. The number of hydrogen-bond acceptors (Lipinski definition) is 7. The van der Waals surface area contributed by atoms with Gasteiger partial charge in [0.15, 0.2) is 0 Å². The van der Waals surface area contributed by atoms with Crippen molar-refractivity contribution in [1.29, 1.82) is 0 Å². The fraction of sp³-hybridized carbons (Fsp3) is 0.929. The highest BCUT2D eigenvalue weighted by Crippen LogP contribution is 2.67. The van der Waals surface area contributed by atoms with Gasteiger partial charge in [-0.15, -0.1) is 0 Å². The van der Waals surface area contributed by atoms with Gasteiger partial charge in [-0.1, -0.05) is 53.2 Å². The number of aliphatic hydroxyl groups is 2. The maximum atomic E-state index is 11.5. The first-order valence-corrected chi connectivity index (χ1v) is 15.4. The standard InChI is InChI=1S/C28H46O7S/c1-14(2)15(3)24-25(34-24)16(4)18-9-10-19-17-7-8-21-26(35-36(31,32)33)23(30)22(29)13-28(21,6)20(17)11-12-27(18,19)5/h7,14-16,18-26,29-30H,8-13H2,1-6H3,(H,31,32,33)/p-1/t15-,16-,18+,19-,20-,21-,22+,23-,24-,25-,26-,27+,28+/m0/s1. The lowest BCUT2D eigenvalue weighted by Gasteiger charge is -2.59. The van der Waals surface area contributed by atoms with E-state index in [-0.39, 0.29) is 17.3 Å². The molecule has 8 heteroatoms. The summed E-state index contributed by atoms with van der Waals surface area (Å²) in [6.45, 7) is 13.8. The molecule has 4 aliphatic carbocycles. The van der Waals surface area contributed by atoms with Crippen LogP contribution in [0.4, 0.5) is 0 Å². The van der Waals surface area contributed by atoms with Crippen molar-refractivity contribution in [1.82, 2.24) is 0 Å². The van der Waals surface area contributed by atoms with Gasteiger partial charge in [-0.2, -0.15) is 0 Å². The average molecular weight is 526 g/mol. The van der Waals surface area contributed by atoms with Crippen LogP contribution >= 0.6 is 0 Å². The van der Waals surface area contributed by atoms with Crippen LogP contribution in [0.25, 0.3) is 0 Å². The summed E-state index contributed by atoms with van der Waals surface area (Å²) >= 11 is 0. The first-order valence-electron chi connectivity index (χ1n) is 14.0. The molecule has 0 amide bonds. The fourth-order valence-corrected chi connectivity index (χ4v) is 9.89. The summed E-state index contributed by atoms with van der Waals surface area (Å²) in [5.41, 5.74) is 1.22. The smallest absolute Gasteiger partial charge is 0.218 e. The molecule has 5 rings (SSSR count). The summed E-state index contributed by atoms with van der Waals surface area (Å²) in [5, 5.41) is 21.3. The molecule has 0 aromatic carbocycles. The Kier molecular flexibility index (Phi) is 6.78. The zero-order valence-corrected chi connectivity index (χ0v) is 23.4. The summed E-state index contributed by atoms with van der Waals surface area (Å²) in [5.74, 6) is 2.63. The predicted octanol–water partition coefficient (Wildman–Crippen LogP) is 4.05. The number of aliphatic hydroxyl groups excluding tert-OH is 2. The first-order chi connectivity index (χ1) is 16.7. The SMILES string of the molecule is CC(C)[C@H](C)[C@@H]1O[C@H]1[C@@H](C)[C@H]1CC[C@H]2C3=CC[C@H]4[C@H](OS(=O)(=O)[O-])[C@@H](O)[C@H](O)C[C@]4(C)[C@H]3CC[C@]12C. The Morgan fingerprint density at radius 1 is 1.06 bits per heavy atom. The van der Waals surface area contributed by atoms with E-state index in [1.165, 1.54) is 12.0 Å². The Morgan fingerprint density at radius 2 is 1.72 bits per heavy atom. The van der Waals surface area contributed by atoms with Crippen LogP contribution < -0.4 is 0 Å². The van der Waals surface area contributed by atoms with E-state index in [2.05, 4.69) is 47.6 Å². The highest BCUT2D eigenvalue weighted by Gasteiger charge is 2.63. The maximum absolute atomic E-state index is 11.5. The van der Waals surface area contributed by atoms with Crippen molar-refractivity contribution in [3.63, 3.8) is 0 Å². The number of ether oxygens (including phenoxy) is 1. The fourth-order valence-electron chi connectivity index (χ4n) is 9.37. The monoisotopic (exact) mass is 525 g/mol. The van der Waals surface area contributed by atoms with Crippen molar-refractivity contribution in [3.8, 4) is 0 Å². The third-order valence-electron chi connectivity index (χ3n) is 11.7. The van der Waals surface area contributed by atoms with Crippen molar-refractivity contribution in [2.24, 2.45) is 52.3 Å². The minimum absolute atomic E-state index is 0.192. The third kappa shape index (κ3) is 4.22. The molecule has 3 saturated carbocycles. The molecular formula is C28H45O7S-. The minimum Gasteiger partial charge on any atom is -0.726 e. The second kappa shape index (κ2) is 9.02. The van der Waals surface area contributed by atoms with Crippen LogP contribution in [0.3, 0.4) is 0 Å². The number of allylic oxidation sites excluding steroid dienone is 2. The van der Waals surface area contributed by atoms with Crippen molar-refractivity contribution in [3.05, 3.63) is 11.6 Å². The van der Waals surface area contributed by atoms with Gasteiger partial charge in [-0.05, 0) is 90.8 Å². The van der Waals surface area contributed by atoms with E-state index in [1.807, 2.05) is 0 Å². The molecule has 4 fully saturated rings. The van der Waals surface area contributed by atoms with Gasteiger partial charge in [0.2, 0.25) is 10.4 Å². The number of hydrogen-bond donors (Lipinski definition) is 2. The van der Waals surface area contributed by atoms with Crippen molar-refractivity contribution < 1.29 is 32.1 Å². The molecule has 0 aromatic rings. The molecule has 5 aliphatic rings. The van der Waals surface area contributed by atoms with Gasteiger partial charge >= 0.3 is 0 Å². The highest BCUT2D eigenvalue weighted by atomic mass is 32.3. The van der Waals surface area contributed by atoms with E-state index in [0.29, 0.717) is 54.6 Å². The lowest BCUT2D eigenvalue weighted by molar-refractivity contribution is -0.165. The number of epoxide rings is 1. The molecule has 13 atom stereocenters. The second-order valence-electron chi connectivity index (χ2n) is 13.6. The summed E-state index contributed by atoms with van der Waals surface area (Å²) in [4.78, 5) is 0. The van der Waals surface area contributed by atoms with Gasteiger partial charge < -0.3 is 19.5 Å². The lowest BCUT2D eigenvalue weighted by atomic mass is 9.47. The molecule has 36 heavy (non-hydrogen) atoms. The molecule has 0 aromatic heterocycles. The molecule has 206 valence electrons.